The monoisotopic (exact) mass is 447 g/mol. The van der Waals surface area contributed by atoms with Crippen LogP contribution >= 0.6 is 35.0 Å². The number of rotatable bonds is 3. The van der Waals surface area contributed by atoms with Crippen molar-refractivity contribution in [3.8, 4) is 0 Å². The Morgan fingerprint density at radius 3 is 2.48 bits per heavy atom. The van der Waals surface area contributed by atoms with E-state index in [2.05, 4.69) is 35.0 Å². The molecule has 0 atom stereocenters. The molecule has 0 spiro atoms. The van der Waals surface area contributed by atoms with E-state index in [9.17, 15) is 4.79 Å². The van der Waals surface area contributed by atoms with Crippen LogP contribution in [-0.4, -0.2) is 56.3 Å². The summed E-state index contributed by atoms with van der Waals surface area (Å²) >= 11 is 13.8. The minimum Gasteiger partial charge on any atom is -0.368 e. The van der Waals surface area contributed by atoms with Gasteiger partial charge in [-0.15, -0.1) is 11.8 Å². The Morgan fingerprint density at radius 1 is 0.966 bits per heavy atom. The van der Waals surface area contributed by atoms with Gasteiger partial charge in [0.25, 0.3) is 5.91 Å². The first-order valence-electron chi connectivity index (χ1n) is 9.67. The molecule has 2 aromatic rings. The minimum absolute atomic E-state index is 0.00724. The number of benzene rings is 2. The molecule has 0 radical (unpaired) electrons. The number of piperazine rings is 1. The molecule has 7 heteroatoms. The zero-order chi connectivity index (χ0) is 20.4. The van der Waals surface area contributed by atoms with Crippen LogP contribution in [0.5, 0.6) is 0 Å². The molecule has 152 valence electrons. The predicted octanol–water partition coefficient (Wildman–Crippen LogP) is 4.87. The maximum absolute atomic E-state index is 13.2. The Bertz CT molecular complexity index is 941. The SMILES string of the molecule is CN1CCN(c2ccccc2/C=C2\SCCN(c3ccc(Cl)c(Cl)c3)C2=O)CC1. The number of thioether (sulfide) groups is 1. The highest BCUT2D eigenvalue weighted by Crippen LogP contribution is 2.34. The van der Waals surface area contributed by atoms with E-state index in [-0.39, 0.29) is 5.91 Å². The molecule has 0 saturated carbocycles. The van der Waals surface area contributed by atoms with Crippen molar-refractivity contribution >= 4 is 58.3 Å². The number of hydrogen-bond acceptors (Lipinski definition) is 4. The third-order valence-corrected chi connectivity index (χ3v) is 7.04. The number of hydrogen-bond donors (Lipinski definition) is 0. The number of anilines is 2. The van der Waals surface area contributed by atoms with E-state index in [0.29, 0.717) is 16.6 Å². The molecule has 1 amide bonds. The average Bonchev–Trinajstić information content (AvgIpc) is 2.73. The summed E-state index contributed by atoms with van der Waals surface area (Å²) in [5, 5.41) is 0.951. The van der Waals surface area contributed by atoms with Gasteiger partial charge in [-0.1, -0.05) is 41.4 Å². The normalized spacial score (nSPS) is 19.8. The van der Waals surface area contributed by atoms with Gasteiger partial charge in [0.15, 0.2) is 0 Å². The number of nitrogens with zero attached hydrogens (tertiary/aromatic N) is 3. The van der Waals surface area contributed by atoms with E-state index in [1.807, 2.05) is 18.2 Å². The van der Waals surface area contributed by atoms with Gasteiger partial charge in [-0.3, -0.25) is 4.79 Å². The van der Waals surface area contributed by atoms with Gasteiger partial charge in [0.05, 0.1) is 15.0 Å². The van der Waals surface area contributed by atoms with Crippen LogP contribution in [0.15, 0.2) is 47.4 Å². The lowest BCUT2D eigenvalue weighted by Crippen LogP contribution is -2.44. The Kier molecular flexibility index (Phi) is 6.40. The molecule has 29 heavy (non-hydrogen) atoms. The van der Waals surface area contributed by atoms with E-state index >= 15 is 0 Å². The van der Waals surface area contributed by atoms with Gasteiger partial charge in [-0.2, -0.15) is 0 Å². The Morgan fingerprint density at radius 2 is 1.72 bits per heavy atom. The predicted molar refractivity (Wildman–Crippen MR) is 125 cm³/mol. The van der Waals surface area contributed by atoms with Crippen molar-refractivity contribution in [3.05, 3.63) is 63.0 Å². The van der Waals surface area contributed by atoms with Gasteiger partial charge < -0.3 is 14.7 Å². The van der Waals surface area contributed by atoms with Crippen LogP contribution < -0.4 is 9.80 Å². The van der Waals surface area contributed by atoms with Gasteiger partial charge in [0.2, 0.25) is 0 Å². The summed E-state index contributed by atoms with van der Waals surface area (Å²) in [7, 11) is 2.15. The summed E-state index contributed by atoms with van der Waals surface area (Å²) in [6.45, 7) is 4.73. The molecule has 0 N–H and O–H groups in total. The fraction of sp³-hybridized carbons (Fsp3) is 0.318. The maximum Gasteiger partial charge on any atom is 0.264 e. The van der Waals surface area contributed by atoms with Gasteiger partial charge in [0.1, 0.15) is 0 Å². The van der Waals surface area contributed by atoms with Crippen LogP contribution in [0.2, 0.25) is 10.0 Å². The lowest BCUT2D eigenvalue weighted by atomic mass is 10.1. The van der Waals surface area contributed by atoms with Gasteiger partial charge >= 0.3 is 0 Å². The Labute approximate surface area is 186 Å². The molecule has 0 unspecified atom stereocenters. The molecule has 2 aliphatic rings. The van der Waals surface area contributed by atoms with Crippen molar-refractivity contribution < 1.29 is 4.79 Å². The number of halogens is 2. The third kappa shape index (κ3) is 4.58. The van der Waals surface area contributed by atoms with Gasteiger partial charge in [-0.05, 0) is 43.0 Å². The molecule has 2 aromatic carbocycles. The topological polar surface area (TPSA) is 26.8 Å². The zero-order valence-corrected chi connectivity index (χ0v) is 18.6. The van der Waals surface area contributed by atoms with Crippen LogP contribution in [0.25, 0.3) is 6.08 Å². The van der Waals surface area contributed by atoms with Crippen molar-refractivity contribution in [1.29, 1.82) is 0 Å². The maximum atomic E-state index is 13.2. The summed E-state index contributed by atoms with van der Waals surface area (Å²) in [4.78, 5) is 20.5. The van der Waals surface area contributed by atoms with Crippen LogP contribution in [0, 0.1) is 0 Å². The molecule has 2 heterocycles. The first-order chi connectivity index (χ1) is 14.0. The molecule has 4 rings (SSSR count). The smallest absolute Gasteiger partial charge is 0.264 e. The van der Waals surface area contributed by atoms with E-state index in [1.54, 1.807) is 28.8 Å². The molecule has 0 bridgehead atoms. The lowest BCUT2D eigenvalue weighted by Gasteiger charge is -2.35. The quantitative estimate of drug-likeness (QED) is 0.627. The van der Waals surface area contributed by atoms with Crippen LogP contribution in [0.1, 0.15) is 5.56 Å². The molecular formula is C22H23Cl2N3OS. The van der Waals surface area contributed by atoms with E-state index in [1.165, 1.54) is 5.69 Å². The second-order valence-corrected chi connectivity index (χ2v) is 9.21. The van der Waals surface area contributed by atoms with Crippen LogP contribution in [0.3, 0.4) is 0 Å². The number of carbonyl (C=O) groups is 1. The first-order valence-corrected chi connectivity index (χ1v) is 11.4. The summed E-state index contributed by atoms with van der Waals surface area (Å²) in [6, 6.07) is 13.7. The van der Waals surface area contributed by atoms with Crippen LogP contribution in [0.4, 0.5) is 11.4 Å². The number of para-hydroxylation sites is 1. The van der Waals surface area contributed by atoms with Gasteiger partial charge in [0, 0.05) is 49.9 Å². The molecule has 4 nitrogen and oxygen atoms in total. The fourth-order valence-corrected chi connectivity index (χ4v) is 4.86. The molecule has 0 aliphatic carbocycles. The summed E-state index contributed by atoms with van der Waals surface area (Å²) in [5.74, 6) is 0.849. The zero-order valence-electron chi connectivity index (χ0n) is 16.3. The minimum atomic E-state index is 0.00724. The van der Waals surface area contributed by atoms with E-state index < -0.39 is 0 Å². The van der Waals surface area contributed by atoms with E-state index in [4.69, 9.17) is 23.2 Å². The summed E-state index contributed by atoms with van der Waals surface area (Å²) < 4.78 is 0. The second-order valence-electron chi connectivity index (χ2n) is 7.26. The second kappa shape index (κ2) is 9.00. The Balaban J connectivity index is 1.61. The van der Waals surface area contributed by atoms with Crippen molar-refractivity contribution in [2.75, 3.05) is 55.3 Å². The van der Waals surface area contributed by atoms with E-state index in [0.717, 1.165) is 48.1 Å². The van der Waals surface area contributed by atoms with Crippen molar-refractivity contribution in [2.45, 2.75) is 0 Å². The number of likely N-dealkylation sites (N-methyl/N-ethyl adjacent to an activating group) is 1. The first kappa shape index (κ1) is 20.6. The number of amides is 1. The van der Waals surface area contributed by atoms with Gasteiger partial charge in [-0.25, -0.2) is 0 Å². The highest BCUT2D eigenvalue weighted by atomic mass is 35.5. The molecule has 2 saturated heterocycles. The average molecular weight is 448 g/mol. The molecular weight excluding hydrogens is 425 g/mol. The number of carbonyl (C=O) groups excluding carboxylic acids is 1. The fourth-order valence-electron chi connectivity index (χ4n) is 3.63. The molecule has 0 aromatic heterocycles. The molecule has 2 aliphatic heterocycles. The largest absolute Gasteiger partial charge is 0.368 e. The highest BCUT2D eigenvalue weighted by molar-refractivity contribution is 8.04. The summed E-state index contributed by atoms with van der Waals surface area (Å²) in [5.41, 5.74) is 3.06. The van der Waals surface area contributed by atoms with Crippen LogP contribution in [-0.2, 0) is 4.79 Å². The standard InChI is InChI=1S/C22H23Cl2N3OS/c1-25-8-10-26(11-9-25)20-5-3-2-4-16(20)14-21-22(28)27(12-13-29-21)17-6-7-18(23)19(24)15-17/h2-7,14-15H,8-13H2,1H3/b21-14-. The highest BCUT2D eigenvalue weighted by Gasteiger charge is 2.26. The summed E-state index contributed by atoms with van der Waals surface area (Å²) in [6.07, 6.45) is 2.03. The third-order valence-electron chi connectivity index (χ3n) is 5.31. The molecule has 2 fully saturated rings. The lowest BCUT2D eigenvalue weighted by molar-refractivity contribution is -0.114. The van der Waals surface area contributed by atoms with Crippen molar-refractivity contribution in [1.82, 2.24) is 4.90 Å². The van der Waals surface area contributed by atoms with Crippen molar-refractivity contribution in [2.24, 2.45) is 0 Å². The Hall–Kier alpha value is -1.66. The van der Waals surface area contributed by atoms with Crippen molar-refractivity contribution in [3.63, 3.8) is 0 Å².